The second-order valence-electron chi connectivity index (χ2n) is 6.87. The molecular formula is C21H19F3N4O4. The van der Waals surface area contributed by atoms with Crippen molar-refractivity contribution in [3.8, 4) is 5.69 Å². The summed E-state index contributed by atoms with van der Waals surface area (Å²) in [5, 5.41) is 8.86. The number of amides is 2. The predicted molar refractivity (Wildman–Crippen MR) is 106 cm³/mol. The van der Waals surface area contributed by atoms with Crippen LogP contribution in [0.5, 0.6) is 0 Å². The molecule has 3 rings (SSSR count). The number of alkyl halides is 3. The Kier molecular flexibility index (Phi) is 6.47. The first-order valence-corrected chi connectivity index (χ1v) is 9.43. The highest BCUT2D eigenvalue weighted by Crippen LogP contribution is 2.30. The maximum Gasteiger partial charge on any atom is 0.416 e. The van der Waals surface area contributed by atoms with Crippen molar-refractivity contribution in [3.05, 3.63) is 70.9 Å². The summed E-state index contributed by atoms with van der Waals surface area (Å²) in [6, 6.07) is 7.78. The molecule has 11 heteroatoms. The van der Waals surface area contributed by atoms with Gasteiger partial charge in [-0.15, -0.1) is 0 Å². The summed E-state index contributed by atoms with van der Waals surface area (Å²) in [6.45, 7) is 2.62. The highest BCUT2D eigenvalue weighted by Gasteiger charge is 2.31. The Balaban J connectivity index is 1.70. The smallest absolute Gasteiger partial charge is 0.416 e. The fourth-order valence-corrected chi connectivity index (χ4v) is 3.05. The van der Waals surface area contributed by atoms with E-state index in [-0.39, 0.29) is 29.2 Å². The fourth-order valence-electron chi connectivity index (χ4n) is 3.05. The van der Waals surface area contributed by atoms with Gasteiger partial charge in [-0.3, -0.25) is 14.4 Å². The number of rotatable bonds is 7. The van der Waals surface area contributed by atoms with Gasteiger partial charge in [-0.2, -0.15) is 18.3 Å². The lowest BCUT2D eigenvalue weighted by atomic mass is 10.1. The van der Waals surface area contributed by atoms with Crippen LogP contribution in [0, 0.1) is 13.8 Å². The molecule has 0 radical (unpaired) electrons. The molecule has 2 N–H and O–H groups in total. The van der Waals surface area contributed by atoms with Crippen molar-refractivity contribution in [2.75, 3.05) is 6.54 Å². The molecular weight excluding hydrogens is 429 g/mol. The number of benzene rings is 1. The van der Waals surface area contributed by atoms with E-state index in [0.717, 1.165) is 12.1 Å². The first-order valence-electron chi connectivity index (χ1n) is 9.43. The Hall–Kier alpha value is -3.89. The van der Waals surface area contributed by atoms with E-state index in [1.165, 1.54) is 36.9 Å². The summed E-state index contributed by atoms with van der Waals surface area (Å²) in [5.74, 6) is -1.99. The van der Waals surface area contributed by atoms with Crippen LogP contribution in [0.2, 0.25) is 0 Å². The zero-order valence-electron chi connectivity index (χ0n) is 17.1. The van der Waals surface area contributed by atoms with Crippen LogP contribution >= 0.6 is 0 Å². The van der Waals surface area contributed by atoms with Gasteiger partial charge in [-0.1, -0.05) is 6.07 Å². The van der Waals surface area contributed by atoms with Crippen LogP contribution in [0.25, 0.3) is 5.69 Å². The highest BCUT2D eigenvalue weighted by molar-refractivity contribution is 6.43. The molecule has 0 bridgehead atoms. The number of nitrogens with zero attached hydrogens (tertiary/aromatic N) is 2. The summed E-state index contributed by atoms with van der Waals surface area (Å²) >= 11 is 0. The molecule has 0 unspecified atom stereocenters. The minimum absolute atomic E-state index is 0.0455. The monoisotopic (exact) mass is 448 g/mol. The number of carbonyl (C=O) groups is 3. The van der Waals surface area contributed by atoms with Gasteiger partial charge < -0.3 is 15.1 Å². The molecule has 2 aromatic heterocycles. The standard InChI is InChI=1S/C21H19F3N4O4/c1-12-18(13(2)28(27-12)15-6-3-5-14(9-15)21(22,23)24)19(30)20(31)26-11-17(29)25-10-16-7-4-8-32-16/h3-9H,10-11H2,1-2H3,(H,25,29)(H,26,31). The molecule has 32 heavy (non-hydrogen) atoms. The number of hydrogen-bond acceptors (Lipinski definition) is 5. The van der Waals surface area contributed by atoms with E-state index in [9.17, 15) is 27.6 Å². The third kappa shape index (κ3) is 5.05. The van der Waals surface area contributed by atoms with Crippen molar-refractivity contribution in [1.82, 2.24) is 20.4 Å². The van der Waals surface area contributed by atoms with Crippen molar-refractivity contribution in [2.45, 2.75) is 26.6 Å². The van der Waals surface area contributed by atoms with Crippen LogP contribution < -0.4 is 10.6 Å². The number of carbonyl (C=O) groups excluding carboxylic acids is 3. The molecule has 0 aliphatic rings. The number of nitrogens with one attached hydrogen (secondary N) is 2. The van der Waals surface area contributed by atoms with Crippen LogP contribution in [0.4, 0.5) is 13.2 Å². The second-order valence-corrected chi connectivity index (χ2v) is 6.87. The second kappa shape index (κ2) is 9.08. The van der Waals surface area contributed by atoms with Crippen molar-refractivity contribution in [3.63, 3.8) is 0 Å². The summed E-state index contributed by atoms with van der Waals surface area (Å²) in [4.78, 5) is 36.7. The van der Waals surface area contributed by atoms with Gasteiger partial charge in [0.1, 0.15) is 5.76 Å². The first kappa shape index (κ1) is 22.8. The maximum atomic E-state index is 13.0. The lowest BCUT2D eigenvalue weighted by Gasteiger charge is -2.10. The molecule has 0 atom stereocenters. The normalized spacial score (nSPS) is 11.3. The molecule has 0 aliphatic carbocycles. The van der Waals surface area contributed by atoms with E-state index in [4.69, 9.17) is 4.42 Å². The molecule has 1 aromatic carbocycles. The Morgan fingerprint density at radius 3 is 2.50 bits per heavy atom. The SMILES string of the molecule is Cc1nn(-c2cccc(C(F)(F)F)c2)c(C)c1C(=O)C(=O)NCC(=O)NCc1ccco1. The average Bonchev–Trinajstić information content (AvgIpc) is 3.37. The van der Waals surface area contributed by atoms with Gasteiger partial charge in [-0.25, -0.2) is 4.68 Å². The number of Topliss-reactive ketones (excluding diaryl/α,β-unsaturated/α-hetero) is 1. The lowest BCUT2D eigenvalue weighted by molar-refractivity contribution is -0.137. The van der Waals surface area contributed by atoms with Crippen molar-refractivity contribution in [2.24, 2.45) is 0 Å². The highest BCUT2D eigenvalue weighted by atomic mass is 19.4. The Morgan fingerprint density at radius 2 is 1.84 bits per heavy atom. The van der Waals surface area contributed by atoms with Crippen molar-refractivity contribution >= 4 is 17.6 Å². The summed E-state index contributed by atoms with van der Waals surface area (Å²) < 4.78 is 45.3. The molecule has 0 saturated heterocycles. The molecule has 0 aliphatic heterocycles. The van der Waals surface area contributed by atoms with Gasteiger partial charge in [0.25, 0.3) is 11.7 Å². The Labute approximate surface area is 180 Å². The molecule has 8 nitrogen and oxygen atoms in total. The van der Waals surface area contributed by atoms with Gasteiger partial charge in [0.2, 0.25) is 5.91 Å². The van der Waals surface area contributed by atoms with Gasteiger partial charge in [0.15, 0.2) is 0 Å². The third-order valence-electron chi connectivity index (χ3n) is 4.59. The number of halogens is 3. The molecule has 2 heterocycles. The van der Waals surface area contributed by atoms with Crippen LogP contribution in [-0.4, -0.2) is 33.9 Å². The molecule has 0 fully saturated rings. The largest absolute Gasteiger partial charge is 0.467 e. The number of aryl methyl sites for hydroxylation is 1. The van der Waals surface area contributed by atoms with E-state index in [1.807, 2.05) is 0 Å². The number of furan rings is 1. The first-order chi connectivity index (χ1) is 15.1. The van der Waals surface area contributed by atoms with E-state index < -0.39 is 35.9 Å². The topological polar surface area (TPSA) is 106 Å². The molecule has 0 saturated carbocycles. The predicted octanol–water partition coefficient (Wildman–Crippen LogP) is 2.72. The Bertz CT molecular complexity index is 1150. The van der Waals surface area contributed by atoms with Crippen molar-refractivity contribution in [1.29, 1.82) is 0 Å². The average molecular weight is 448 g/mol. The molecule has 2 amide bonds. The number of hydrogen-bond donors (Lipinski definition) is 2. The summed E-state index contributed by atoms with van der Waals surface area (Å²) in [6.07, 6.45) is -3.09. The van der Waals surface area contributed by atoms with E-state index >= 15 is 0 Å². The summed E-state index contributed by atoms with van der Waals surface area (Å²) in [5.41, 5.74) is -0.451. The molecule has 0 spiro atoms. The number of aromatic nitrogens is 2. The lowest BCUT2D eigenvalue weighted by Crippen LogP contribution is -2.39. The van der Waals surface area contributed by atoms with E-state index in [1.54, 1.807) is 12.1 Å². The number of ketones is 1. The van der Waals surface area contributed by atoms with Crippen LogP contribution in [0.15, 0.2) is 47.1 Å². The fraction of sp³-hybridized carbons (Fsp3) is 0.238. The van der Waals surface area contributed by atoms with Gasteiger partial charge in [-0.05, 0) is 44.2 Å². The van der Waals surface area contributed by atoms with Gasteiger partial charge in [0, 0.05) is 0 Å². The minimum atomic E-state index is -4.54. The molecule has 168 valence electrons. The van der Waals surface area contributed by atoms with Gasteiger partial charge >= 0.3 is 6.18 Å². The Morgan fingerprint density at radius 1 is 1.09 bits per heavy atom. The van der Waals surface area contributed by atoms with Crippen molar-refractivity contribution < 1.29 is 32.0 Å². The van der Waals surface area contributed by atoms with Crippen LogP contribution in [0.3, 0.4) is 0 Å². The van der Waals surface area contributed by atoms with Crippen LogP contribution in [0.1, 0.15) is 33.1 Å². The molecule has 3 aromatic rings. The maximum absolute atomic E-state index is 13.0. The zero-order valence-corrected chi connectivity index (χ0v) is 17.1. The van der Waals surface area contributed by atoms with E-state index in [2.05, 4.69) is 15.7 Å². The summed E-state index contributed by atoms with van der Waals surface area (Å²) in [7, 11) is 0. The van der Waals surface area contributed by atoms with Gasteiger partial charge in [0.05, 0.1) is 47.6 Å². The van der Waals surface area contributed by atoms with Crippen LogP contribution in [-0.2, 0) is 22.3 Å². The third-order valence-corrected chi connectivity index (χ3v) is 4.59. The minimum Gasteiger partial charge on any atom is -0.467 e. The van der Waals surface area contributed by atoms with E-state index in [0.29, 0.717) is 5.76 Å². The zero-order chi connectivity index (χ0) is 23.5. The quantitative estimate of drug-likeness (QED) is 0.427.